The number of benzene rings is 1. The van der Waals surface area contributed by atoms with Crippen LogP contribution < -0.4 is 11.1 Å². The summed E-state index contributed by atoms with van der Waals surface area (Å²) in [7, 11) is 0. The summed E-state index contributed by atoms with van der Waals surface area (Å²) in [5.74, 6) is -5.60. The number of hydrogen-bond donors (Lipinski definition) is 3. The molecule has 0 radical (unpaired) electrons. The Morgan fingerprint density at radius 2 is 2.17 bits per heavy atom. The highest BCUT2D eigenvalue weighted by Gasteiger charge is 2.52. The normalized spacial score (nSPS) is 21.1. The Morgan fingerprint density at radius 1 is 1.39 bits per heavy atom. The Kier molecular flexibility index (Phi) is 7.00. The minimum atomic E-state index is -3.45. The quantitative estimate of drug-likeness (QED) is 0.431. The zero-order chi connectivity index (χ0) is 26.1. The number of carbonyl (C=O) groups excluding carboxylic acids is 1. The predicted molar refractivity (Wildman–Crippen MR) is 127 cm³/mol. The lowest BCUT2D eigenvalue weighted by Crippen LogP contribution is -2.51. The van der Waals surface area contributed by atoms with Gasteiger partial charge in [-0.2, -0.15) is 5.10 Å². The van der Waals surface area contributed by atoms with Gasteiger partial charge in [0.1, 0.15) is 30.3 Å². The monoisotopic (exact) mass is 520 g/mol. The molecule has 1 aromatic carbocycles. The van der Waals surface area contributed by atoms with Gasteiger partial charge in [0.2, 0.25) is 0 Å². The molecule has 3 atom stereocenters. The minimum Gasteiger partial charge on any atom is -0.386 e. The number of halogens is 3. The third-order valence-corrected chi connectivity index (χ3v) is 6.90. The molecule has 0 bridgehead atoms. The molecule has 4 rings (SSSR count). The molecule has 10 nitrogen and oxygen atoms in total. The van der Waals surface area contributed by atoms with Crippen molar-refractivity contribution in [2.24, 2.45) is 16.6 Å². The number of amidine groups is 1. The van der Waals surface area contributed by atoms with Gasteiger partial charge in [-0.05, 0) is 24.6 Å². The number of rotatable bonds is 7. The zero-order valence-corrected chi connectivity index (χ0v) is 20.1. The molecule has 190 valence electrons. The Balaban J connectivity index is 1.66. The van der Waals surface area contributed by atoms with Gasteiger partial charge < -0.3 is 16.2 Å². The number of nitrogens with two attached hydrogens (primary N) is 1. The minimum absolute atomic E-state index is 0.0114. The number of nitrogens with zero attached hydrogens (tertiary/aromatic N) is 6. The lowest BCUT2D eigenvalue weighted by atomic mass is 9.73. The van der Waals surface area contributed by atoms with E-state index in [1.54, 1.807) is 6.92 Å². The van der Waals surface area contributed by atoms with Crippen LogP contribution in [0.5, 0.6) is 0 Å². The SMILES string of the molecule is CC[C@]1(c2cc(NC(=O)c3cnc(-n4cncn4)cn3)ccc2F)N=C(N)SC[C@@H]1[C@H](O)C(C)(F)F. The molecule has 0 saturated carbocycles. The second-order valence-electron chi connectivity index (χ2n) is 8.30. The van der Waals surface area contributed by atoms with Crippen LogP contribution in [0.1, 0.15) is 36.3 Å². The van der Waals surface area contributed by atoms with Crippen molar-refractivity contribution in [2.75, 3.05) is 11.1 Å². The van der Waals surface area contributed by atoms with Crippen LogP contribution in [0.4, 0.5) is 18.9 Å². The lowest BCUT2D eigenvalue weighted by Gasteiger charge is -2.44. The highest BCUT2D eigenvalue weighted by atomic mass is 32.2. The fourth-order valence-electron chi connectivity index (χ4n) is 4.14. The summed E-state index contributed by atoms with van der Waals surface area (Å²) in [5.41, 5.74) is 4.43. The van der Waals surface area contributed by atoms with Crippen molar-refractivity contribution in [3.8, 4) is 5.82 Å². The van der Waals surface area contributed by atoms with Crippen molar-refractivity contribution in [3.63, 3.8) is 0 Å². The summed E-state index contributed by atoms with van der Waals surface area (Å²) in [6.45, 7) is 2.25. The van der Waals surface area contributed by atoms with E-state index >= 15 is 4.39 Å². The molecule has 3 aromatic rings. The number of anilines is 1. The van der Waals surface area contributed by atoms with E-state index in [-0.39, 0.29) is 34.3 Å². The van der Waals surface area contributed by atoms with Crippen LogP contribution in [0.3, 0.4) is 0 Å². The van der Waals surface area contributed by atoms with E-state index in [2.05, 4.69) is 30.4 Å². The molecular formula is C22H23F3N8O2S. The van der Waals surface area contributed by atoms with Crippen LogP contribution in [0.2, 0.25) is 0 Å². The topological polar surface area (TPSA) is 144 Å². The van der Waals surface area contributed by atoms with Crippen molar-refractivity contribution >= 4 is 28.5 Å². The predicted octanol–water partition coefficient (Wildman–Crippen LogP) is 2.75. The van der Waals surface area contributed by atoms with E-state index in [9.17, 15) is 18.7 Å². The van der Waals surface area contributed by atoms with E-state index in [0.717, 1.165) is 17.8 Å². The van der Waals surface area contributed by atoms with Gasteiger partial charge in [-0.25, -0.2) is 32.8 Å². The molecular weight excluding hydrogens is 497 g/mol. The van der Waals surface area contributed by atoms with Gasteiger partial charge in [-0.1, -0.05) is 18.7 Å². The van der Waals surface area contributed by atoms with Crippen LogP contribution in [0.25, 0.3) is 5.82 Å². The largest absolute Gasteiger partial charge is 0.386 e. The second kappa shape index (κ2) is 9.85. The summed E-state index contributed by atoms with van der Waals surface area (Å²) in [4.78, 5) is 29.1. The van der Waals surface area contributed by atoms with Gasteiger partial charge in [0.15, 0.2) is 11.0 Å². The smallest absolute Gasteiger partial charge is 0.275 e. The summed E-state index contributed by atoms with van der Waals surface area (Å²) >= 11 is 1.02. The average Bonchev–Trinajstić information content (AvgIpc) is 3.39. The fraction of sp³-hybridized carbons (Fsp3) is 0.364. The summed E-state index contributed by atoms with van der Waals surface area (Å²) in [5, 5.41) is 17.1. The van der Waals surface area contributed by atoms with E-state index in [0.29, 0.717) is 12.7 Å². The first kappa shape index (κ1) is 25.6. The van der Waals surface area contributed by atoms with Gasteiger partial charge >= 0.3 is 0 Å². The van der Waals surface area contributed by atoms with Crippen molar-refractivity contribution in [1.29, 1.82) is 0 Å². The van der Waals surface area contributed by atoms with Crippen LogP contribution in [0.15, 0.2) is 48.2 Å². The van der Waals surface area contributed by atoms with Crippen LogP contribution in [0, 0.1) is 11.7 Å². The zero-order valence-electron chi connectivity index (χ0n) is 19.3. The maximum atomic E-state index is 15.2. The molecule has 0 spiro atoms. The van der Waals surface area contributed by atoms with Crippen LogP contribution >= 0.6 is 11.8 Å². The van der Waals surface area contributed by atoms with Crippen molar-refractivity contribution in [2.45, 2.75) is 37.8 Å². The van der Waals surface area contributed by atoms with E-state index in [1.165, 1.54) is 41.9 Å². The third kappa shape index (κ3) is 4.91. The number of aliphatic imine (C=N–C) groups is 1. The molecule has 2 aromatic heterocycles. The summed E-state index contributed by atoms with van der Waals surface area (Å²) < 4.78 is 44.8. The fourth-order valence-corrected chi connectivity index (χ4v) is 5.17. The molecule has 0 aliphatic carbocycles. The number of amides is 1. The highest BCUT2D eigenvalue weighted by Crippen LogP contribution is 2.48. The Hall–Kier alpha value is -3.52. The van der Waals surface area contributed by atoms with Gasteiger partial charge in [0.05, 0.1) is 17.9 Å². The molecule has 4 N–H and O–H groups in total. The van der Waals surface area contributed by atoms with Gasteiger partial charge in [0.25, 0.3) is 11.8 Å². The highest BCUT2D eigenvalue weighted by molar-refractivity contribution is 8.13. The molecule has 36 heavy (non-hydrogen) atoms. The molecule has 3 heterocycles. The summed E-state index contributed by atoms with van der Waals surface area (Å²) in [6.07, 6.45) is 3.30. The molecule has 1 aliphatic rings. The average molecular weight is 521 g/mol. The first-order chi connectivity index (χ1) is 17.0. The van der Waals surface area contributed by atoms with E-state index < -0.39 is 35.2 Å². The second-order valence-corrected chi connectivity index (χ2v) is 9.34. The first-order valence-electron chi connectivity index (χ1n) is 10.9. The number of aliphatic hydroxyl groups is 1. The maximum absolute atomic E-state index is 15.2. The number of hydrogen-bond acceptors (Lipinski definition) is 9. The molecule has 1 aliphatic heterocycles. The van der Waals surface area contributed by atoms with E-state index in [1.807, 2.05) is 0 Å². The number of alkyl halides is 2. The molecule has 14 heteroatoms. The molecule has 0 unspecified atom stereocenters. The van der Waals surface area contributed by atoms with Gasteiger partial charge in [0, 0.05) is 29.8 Å². The Labute approximate surface area is 208 Å². The Bertz CT molecular complexity index is 1270. The standard InChI is InChI=1S/C22H23F3N8O2S/c1-3-22(14(9-36-20(26)32-22)18(34)21(2,24)25)13-6-12(4-5-15(13)23)31-19(35)16-7-29-17(8-28-16)33-11-27-10-30-33/h4-8,10-11,14,18,34H,3,9H2,1-2H3,(H2,26,32)(H,31,35)/t14-,18+,22-/m1/s1. The number of nitrogens with one attached hydrogen (secondary N) is 1. The molecule has 0 fully saturated rings. The van der Waals surface area contributed by atoms with Crippen LogP contribution in [-0.4, -0.2) is 58.7 Å². The maximum Gasteiger partial charge on any atom is 0.275 e. The number of aromatic nitrogens is 5. The van der Waals surface area contributed by atoms with Crippen molar-refractivity contribution in [3.05, 3.63) is 60.3 Å². The first-order valence-corrected chi connectivity index (χ1v) is 11.9. The molecule has 0 saturated heterocycles. The third-order valence-electron chi connectivity index (χ3n) is 5.99. The van der Waals surface area contributed by atoms with Crippen LogP contribution in [-0.2, 0) is 5.54 Å². The number of thioether (sulfide) groups is 1. The number of aliphatic hydroxyl groups excluding tert-OH is 1. The molecule has 1 amide bonds. The Morgan fingerprint density at radius 3 is 2.78 bits per heavy atom. The van der Waals surface area contributed by atoms with Crippen molar-refractivity contribution in [1.82, 2.24) is 24.7 Å². The van der Waals surface area contributed by atoms with E-state index in [4.69, 9.17) is 5.73 Å². The number of carbonyl (C=O) groups is 1. The summed E-state index contributed by atoms with van der Waals surface area (Å²) in [6, 6.07) is 3.73. The van der Waals surface area contributed by atoms with Crippen molar-refractivity contribution < 1.29 is 23.1 Å². The lowest BCUT2D eigenvalue weighted by molar-refractivity contribution is -0.127. The van der Waals surface area contributed by atoms with Gasteiger partial charge in [-0.3, -0.25) is 9.79 Å². The van der Waals surface area contributed by atoms with Gasteiger partial charge in [-0.15, -0.1) is 0 Å².